The van der Waals surface area contributed by atoms with Crippen molar-refractivity contribution in [2.45, 2.75) is 27.2 Å². The first-order chi connectivity index (χ1) is 8.01. The molecular formula is C12H23N3O2. The van der Waals surface area contributed by atoms with E-state index in [2.05, 4.69) is 29.4 Å². The minimum Gasteiger partial charge on any atom is -0.355 e. The number of nitrogens with one attached hydrogen (secondary N) is 2. The molecule has 0 saturated carbocycles. The average Bonchev–Trinajstić information content (AvgIpc) is 2.66. The maximum absolute atomic E-state index is 11.9. The van der Waals surface area contributed by atoms with Crippen LogP contribution < -0.4 is 10.6 Å². The Labute approximate surface area is 103 Å². The number of amides is 2. The van der Waals surface area contributed by atoms with Crippen LogP contribution in [0.15, 0.2) is 0 Å². The van der Waals surface area contributed by atoms with Gasteiger partial charge in [-0.2, -0.15) is 0 Å². The van der Waals surface area contributed by atoms with Gasteiger partial charge in [0.05, 0.1) is 5.41 Å². The fourth-order valence-corrected chi connectivity index (χ4v) is 2.01. The lowest BCUT2D eigenvalue weighted by Crippen LogP contribution is -2.43. The maximum atomic E-state index is 11.9. The van der Waals surface area contributed by atoms with Crippen LogP contribution >= 0.6 is 0 Å². The van der Waals surface area contributed by atoms with Crippen LogP contribution in [0.4, 0.5) is 0 Å². The molecule has 17 heavy (non-hydrogen) atoms. The second kappa shape index (κ2) is 6.00. The van der Waals surface area contributed by atoms with Gasteiger partial charge in [0, 0.05) is 26.1 Å². The van der Waals surface area contributed by atoms with Gasteiger partial charge in [0.15, 0.2) is 0 Å². The fraction of sp³-hybridized carbons (Fsp3) is 0.833. The molecule has 1 aliphatic rings. The minimum atomic E-state index is -0.569. The van der Waals surface area contributed by atoms with Gasteiger partial charge < -0.3 is 15.5 Å². The highest BCUT2D eigenvalue weighted by molar-refractivity contribution is 5.92. The number of nitrogens with zero attached hydrogens (tertiary/aromatic N) is 1. The maximum Gasteiger partial charge on any atom is 0.228 e. The lowest BCUT2D eigenvalue weighted by molar-refractivity contribution is -0.131. The van der Waals surface area contributed by atoms with Gasteiger partial charge in [-0.25, -0.2) is 0 Å². The Hall–Kier alpha value is -1.10. The van der Waals surface area contributed by atoms with Gasteiger partial charge in [0.25, 0.3) is 0 Å². The van der Waals surface area contributed by atoms with Crippen LogP contribution in [0.2, 0.25) is 0 Å². The molecule has 1 atom stereocenters. The zero-order chi connectivity index (χ0) is 12.9. The summed E-state index contributed by atoms with van der Waals surface area (Å²) in [6.07, 6.45) is 0.296. The van der Waals surface area contributed by atoms with E-state index in [1.807, 2.05) is 6.92 Å². The van der Waals surface area contributed by atoms with E-state index < -0.39 is 5.41 Å². The molecular weight excluding hydrogens is 218 g/mol. The first kappa shape index (κ1) is 14.0. The van der Waals surface area contributed by atoms with Gasteiger partial charge in [-0.3, -0.25) is 9.59 Å². The van der Waals surface area contributed by atoms with Crippen molar-refractivity contribution in [3.63, 3.8) is 0 Å². The van der Waals surface area contributed by atoms with Gasteiger partial charge in [-0.15, -0.1) is 0 Å². The largest absolute Gasteiger partial charge is 0.355 e. The van der Waals surface area contributed by atoms with Crippen molar-refractivity contribution in [2.24, 2.45) is 5.41 Å². The first-order valence-corrected chi connectivity index (χ1v) is 6.29. The number of carbonyl (C=O) groups is 2. The lowest BCUT2D eigenvalue weighted by Gasteiger charge is -2.22. The smallest absolute Gasteiger partial charge is 0.228 e. The van der Waals surface area contributed by atoms with Crippen molar-refractivity contribution in [3.8, 4) is 0 Å². The molecule has 1 saturated heterocycles. The standard InChI is InChI=1S/C12H23N3O2/c1-4-15(5-2)7-6-13-11(17)12(3)8-10(16)14-9-12/h4-9H2,1-3H3,(H,13,17)(H,14,16). The summed E-state index contributed by atoms with van der Waals surface area (Å²) in [5.74, 6) is -0.0607. The zero-order valence-electron chi connectivity index (χ0n) is 11.0. The van der Waals surface area contributed by atoms with Crippen LogP contribution in [-0.2, 0) is 9.59 Å². The van der Waals surface area contributed by atoms with E-state index in [1.165, 1.54) is 0 Å². The summed E-state index contributed by atoms with van der Waals surface area (Å²) < 4.78 is 0. The van der Waals surface area contributed by atoms with Crippen LogP contribution in [0.5, 0.6) is 0 Å². The first-order valence-electron chi connectivity index (χ1n) is 6.29. The van der Waals surface area contributed by atoms with E-state index in [4.69, 9.17) is 0 Å². The molecule has 5 nitrogen and oxygen atoms in total. The van der Waals surface area contributed by atoms with E-state index in [0.29, 0.717) is 19.5 Å². The number of rotatable bonds is 6. The molecule has 0 spiro atoms. The number of hydrogen-bond acceptors (Lipinski definition) is 3. The minimum absolute atomic E-state index is 0.0250. The summed E-state index contributed by atoms with van der Waals surface area (Å²) in [5.41, 5.74) is -0.569. The quantitative estimate of drug-likeness (QED) is 0.686. The van der Waals surface area contributed by atoms with E-state index >= 15 is 0 Å². The molecule has 0 aromatic heterocycles. The van der Waals surface area contributed by atoms with Crippen molar-refractivity contribution in [1.29, 1.82) is 0 Å². The average molecular weight is 241 g/mol. The highest BCUT2D eigenvalue weighted by atomic mass is 16.2. The molecule has 1 unspecified atom stereocenters. The van der Waals surface area contributed by atoms with Gasteiger partial charge in [0.2, 0.25) is 11.8 Å². The molecule has 2 amide bonds. The van der Waals surface area contributed by atoms with Crippen molar-refractivity contribution in [2.75, 3.05) is 32.7 Å². The lowest BCUT2D eigenvalue weighted by atomic mass is 9.88. The molecule has 2 N–H and O–H groups in total. The summed E-state index contributed by atoms with van der Waals surface area (Å²) in [6, 6.07) is 0. The number of carbonyl (C=O) groups excluding carboxylic acids is 2. The normalized spacial score (nSPS) is 23.9. The van der Waals surface area contributed by atoms with Crippen LogP contribution in [-0.4, -0.2) is 49.4 Å². The number of likely N-dealkylation sites (N-methyl/N-ethyl adjacent to an activating group) is 1. The Morgan fingerprint density at radius 3 is 2.59 bits per heavy atom. The third kappa shape index (κ3) is 3.70. The Morgan fingerprint density at radius 2 is 2.12 bits per heavy atom. The molecule has 0 aromatic rings. The van der Waals surface area contributed by atoms with E-state index in [0.717, 1.165) is 19.6 Å². The van der Waals surface area contributed by atoms with Gasteiger partial charge in [-0.05, 0) is 20.0 Å². The summed E-state index contributed by atoms with van der Waals surface area (Å²) in [7, 11) is 0. The summed E-state index contributed by atoms with van der Waals surface area (Å²) >= 11 is 0. The molecule has 1 rings (SSSR count). The van der Waals surface area contributed by atoms with Crippen LogP contribution in [0.25, 0.3) is 0 Å². The summed E-state index contributed by atoms with van der Waals surface area (Å²) in [4.78, 5) is 25.3. The molecule has 0 aromatic carbocycles. The fourth-order valence-electron chi connectivity index (χ4n) is 2.01. The molecule has 0 radical (unpaired) electrons. The third-order valence-electron chi connectivity index (χ3n) is 3.38. The highest BCUT2D eigenvalue weighted by Crippen LogP contribution is 2.25. The van der Waals surface area contributed by atoms with Crippen molar-refractivity contribution >= 4 is 11.8 Å². The van der Waals surface area contributed by atoms with Crippen LogP contribution in [0.3, 0.4) is 0 Å². The highest BCUT2D eigenvalue weighted by Gasteiger charge is 2.40. The number of hydrogen-bond donors (Lipinski definition) is 2. The molecule has 0 bridgehead atoms. The van der Waals surface area contributed by atoms with E-state index in [-0.39, 0.29) is 11.8 Å². The Bertz CT molecular complexity index is 289. The molecule has 5 heteroatoms. The van der Waals surface area contributed by atoms with Gasteiger partial charge in [-0.1, -0.05) is 13.8 Å². The second-order valence-corrected chi connectivity index (χ2v) is 4.80. The molecule has 1 fully saturated rings. The van der Waals surface area contributed by atoms with Crippen molar-refractivity contribution in [3.05, 3.63) is 0 Å². The summed E-state index contributed by atoms with van der Waals surface area (Å²) in [6.45, 7) is 9.97. The molecule has 0 aliphatic carbocycles. The zero-order valence-corrected chi connectivity index (χ0v) is 11.0. The Morgan fingerprint density at radius 1 is 1.47 bits per heavy atom. The van der Waals surface area contributed by atoms with Gasteiger partial charge in [0.1, 0.15) is 0 Å². The molecule has 98 valence electrons. The SMILES string of the molecule is CCN(CC)CCNC(=O)C1(C)CNC(=O)C1. The van der Waals surface area contributed by atoms with Crippen molar-refractivity contribution < 1.29 is 9.59 Å². The predicted octanol–water partition coefficient (Wildman–Crippen LogP) is -0.0294. The van der Waals surface area contributed by atoms with E-state index in [9.17, 15) is 9.59 Å². The second-order valence-electron chi connectivity index (χ2n) is 4.80. The molecule has 1 aliphatic heterocycles. The van der Waals surface area contributed by atoms with Crippen LogP contribution in [0, 0.1) is 5.41 Å². The Balaban J connectivity index is 2.32. The monoisotopic (exact) mass is 241 g/mol. The van der Waals surface area contributed by atoms with Gasteiger partial charge >= 0.3 is 0 Å². The Kier molecular flexibility index (Phi) is 4.93. The molecule has 1 heterocycles. The topological polar surface area (TPSA) is 61.4 Å². The predicted molar refractivity (Wildman–Crippen MR) is 66.5 cm³/mol. The van der Waals surface area contributed by atoms with Crippen LogP contribution in [0.1, 0.15) is 27.2 Å². The third-order valence-corrected chi connectivity index (χ3v) is 3.38. The van der Waals surface area contributed by atoms with E-state index in [1.54, 1.807) is 0 Å². The van der Waals surface area contributed by atoms with Crippen molar-refractivity contribution in [1.82, 2.24) is 15.5 Å². The summed E-state index contributed by atoms with van der Waals surface area (Å²) in [5, 5.41) is 5.61.